The SMILES string of the molecule is CN(CCCC1CCNC1)C1CCCCC1. The van der Waals surface area contributed by atoms with Gasteiger partial charge in [0, 0.05) is 6.04 Å². The molecule has 1 saturated heterocycles. The minimum atomic E-state index is 0.899. The van der Waals surface area contributed by atoms with Crippen LogP contribution in [-0.4, -0.2) is 37.6 Å². The Hall–Kier alpha value is -0.0800. The molecule has 2 fully saturated rings. The molecule has 1 aliphatic carbocycles. The van der Waals surface area contributed by atoms with Gasteiger partial charge < -0.3 is 10.2 Å². The number of nitrogens with one attached hydrogen (secondary N) is 1. The zero-order chi connectivity index (χ0) is 11.2. The molecule has 0 amide bonds. The van der Waals surface area contributed by atoms with E-state index in [2.05, 4.69) is 17.3 Å². The summed E-state index contributed by atoms with van der Waals surface area (Å²) in [6.45, 7) is 3.84. The maximum atomic E-state index is 3.46. The summed E-state index contributed by atoms with van der Waals surface area (Å²) in [7, 11) is 2.34. The Labute approximate surface area is 101 Å². The zero-order valence-electron chi connectivity index (χ0n) is 10.9. The van der Waals surface area contributed by atoms with Crippen molar-refractivity contribution in [1.29, 1.82) is 0 Å². The third-order valence-corrected chi connectivity index (χ3v) is 4.48. The molecule has 0 radical (unpaired) electrons. The molecule has 0 aromatic rings. The van der Waals surface area contributed by atoms with Crippen molar-refractivity contribution in [3.8, 4) is 0 Å². The first-order chi connectivity index (χ1) is 7.86. The van der Waals surface area contributed by atoms with Crippen LogP contribution in [0.4, 0.5) is 0 Å². The monoisotopic (exact) mass is 224 g/mol. The van der Waals surface area contributed by atoms with Crippen LogP contribution in [0.5, 0.6) is 0 Å². The summed E-state index contributed by atoms with van der Waals surface area (Å²) in [5.74, 6) is 0.972. The van der Waals surface area contributed by atoms with Crippen LogP contribution in [0.2, 0.25) is 0 Å². The molecule has 2 aliphatic rings. The molecule has 2 rings (SSSR count). The molecule has 1 atom stereocenters. The van der Waals surface area contributed by atoms with Crippen molar-refractivity contribution in [2.24, 2.45) is 5.92 Å². The van der Waals surface area contributed by atoms with Gasteiger partial charge in [0.2, 0.25) is 0 Å². The van der Waals surface area contributed by atoms with Gasteiger partial charge in [-0.15, -0.1) is 0 Å². The quantitative estimate of drug-likeness (QED) is 0.772. The lowest BCUT2D eigenvalue weighted by atomic mass is 9.94. The van der Waals surface area contributed by atoms with Gasteiger partial charge in [0.1, 0.15) is 0 Å². The highest BCUT2D eigenvalue weighted by atomic mass is 15.1. The Morgan fingerprint density at radius 1 is 1.12 bits per heavy atom. The second-order valence-electron chi connectivity index (χ2n) is 5.77. The van der Waals surface area contributed by atoms with Gasteiger partial charge in [0.15, 0.2) is 0 Å². The summed E-state index contributed by atoms with van der Waals surface area (Å²) in [4.78, 5) is 2.63. The number of rotatable bonds is 5. The summed E-state index contributed by atoms with van der Waals surface area (Å²) < 4.78 is 0. The maximum Gasteiger partial charge on any atom is 0.00922 e. The molecule has 94 valence electrons. The predicted octanol–water partition coefficient (Wildman–Crippen LogP) is 2.64. The fourth-order valence-electron chi connectivity index (χ4n) is 3.29. The van der Waals surface area contributed by atoms with Crippen molar-refractivity contribution in [2.45, 2.75) is 57.4 Å². The van der Waals surface area contributed by atoms with Gasteiger partial charge in [-0.3, -0.25) is 0 Å². The van der Waals surface area contributed by atoms with Crippen molar-refractivity contribution in [1.82, 2.24) is 10.2 Å². The number of hydrogen-bond donors (Lipinski definition) is 1. The molecule has 16 heavy (non-hydrogen) atoms. The molecule has 0 aromatic carbocycles. The highest BCUT2D eigenvalue weighted by molar-refractivity contribution is 4.75. The Morgan fingerprint density at radius 3 is 2.62 bits per heavy atom. The standard InChI is InChI=1S/C14H28N2/c1-16(14-7-3-2-4-8-14)11-5-6-13-9-10-15-12-13/h13-15H,2-12H2,1H3. The first-order valence-electron chi connectivity index (χ1n) is 7.27. The van der Waals surface area contributed by atoms with Crippen molar-refractivity contribution in [3.63, 3.8) is 0 Å². The van der Waals surface area contributed by atoms with Gasteiger partial charge in [0.25, 0.3) is 0 Å². The van der Waals surface area contributed by atoms with E-state index in [0.717, 1.165) is 12.0 Å². The average molecular weight is 224 g/mol. The molecule has 1 N–H and O–H groups in total. The molecule has 1 unspecified atom stereocenters. The molecule has 1 heterocycles. The van der Waals surface area contributed by atoms with Crippen LogP contribution in [0, 0.1) is 5.92 Å². The fourth-order valence-corrected chi connectivity index (χ4v) is 3.29. The minimum Gasteiger partial charge on any atom is -0.316 e. The van der Waals surface area contributed by atoms with Crippen molar-refractivity contribution in [2.75, 3.05) is 26.7 Å². The Kier molecular flexibility index (Phi) is 5.11. The first kappa shape index (κ1) is 12.4. The van der Waals surface area contributed by atoms with Crippen LogP contribution < -0.4 is 5.32 Å². The largest absolute Gasteiger partial charge is 0.316 e. The fraction of sp³-hybridized carbons (Fsp3) is 1.00. The number of hydrogen-bond acceptors (Lipinski definition) is 2. The minimum absolute atomic E-state index is 0.899. The summed E-state index contributed by atoms with van der Waals surface area (Å²) in [5.41, 5.74) is 0. The van der Waals surface area contributed by atoms with Crippen molar-refractivity contribution in [3.05, 3.63) is 0 Å². The molecular formula is C14H28N2. The summed E-state index contributed by atoms with van der Waals surface area (Å²) in [6, 6.07) is 0.899. The van der Waals surface area contributed by atoms with Gasteiger partial charge in [0.05, 0.1) is 0 Å². The van der Waals surface area contributed by atoms with Gasteiger partial charge in [-0.2, -0.15) is 0 Å². The summed E-state index contributed by atoms with van der Waals surface area (Å²) >= 11 is 0. The van der Waals surface area contributed by atoms with Crippen molar-refractivity contribution < 1.29 is 0 Å². The molecule has 0 bridgehead atoms. The smallest absolute Gasteiger partial charge is 0.00922 e. The second kappa shape index (κ2) is 6.61. The molecule has 1 aliphatic heterocycles. The zero-order valence-corrected chi connectivity index (χ0v) is 10.9. The summed E-state index contributed by atoms with van der Waals surface area (Å²) in [5, 5.41) is 3.46. The Morgan fingerprint density at radius 2 is 1.94 bits per heavy atom. The normalized spacial score (nSPS) is 27.8. The first-order valence-corrected chi connectivity index (χ1v) is 7.27. The van der Waals surface area contributed by atoms with E-state index in [-0.39, 0.29) is 0 Å². The third kappa shape index (κ3) is 3.74. The predicted molar refractivity (Wildman–Crippen MR) is 69.7 cm³/mol. The molecule has 2 heteroatoms. The van der Waals surface area contributed by atoms with E-state index in [1.165, 1.54) is 71.0 Å². The van der Waals surface area contributed by atoms with Crippen LogP contribution in [0.1, 0.15) is 51.4 Å². The van der Waals surface area contributed by atoms with E-state index in [1.807, 2.05) is 0 Å². The number of nitrogens with zero attached hydrogens (tertiary/aromatic N) is 1. The third-order valence-electron chi connectivity index (χ3n) is 4.48. The van der Waals surface area contributed by atoms with E-state index in [9.17, 15) is 0 Å². The van der Waals surface area contributed by atoms with Crippen LogP contribution in [0.3, 0.4) is 0 Å². The van der Waals surface area contributed by atoms with Crippen LogP contribution in [0.25, 0.3) is 0 Å². The van der Waals surface area contributed by atoms with E-state index < -0.39 is 0 Å². The lowest BCUT2D eigenvalue weighted by Crippen LogP contribution is -2.34. The van der Waals surface area contributed by atoms with E-state index in [0.29, 0.717) is 0 Å². The van der Waals surface area contributed by atoms with Gasteiger partial charge in [-0.05, 0) is 64.7 Å². The maximum absolute atomic E-state index is 3.46. The van der Waals surface area contributed by atoms with E-state index in [4.69, 9.17) is 0 Å². The lowest BCUT2D eigenvalue weighted by molar-refractivity contribution is 0.186. The summed E-state index contributed by atoms with van der Waals surface area (Å²) in [6.07, 6.45) is 11.5. The molecule has 2 nitrogen and oxygen atoms in total. The van der Waals surface area contributed by atoms with Gasteiger partial charge >= 0.3 is 0 Å². The highest BCUT2D eigenvalue weighted by Crippen LogP contribution is 2.22. The topological polar surface area (TPSA) is 15.3 Å². The highest BCUT2D eigenvalue weighted by Gasteiger charge is 2.18. The van der Waals surface area contributed by atoms with Crippen molar-refractivity contribution >= 4 is 0 Å². The van der Waals surface area contributed by atoms with Crippen LogP contribution >= 0.6 is 0 Å². The molecule has 0 spiro atoms. The molecular weight excluding hydrogens is 196 g/mol. The van der Waals surface area contributed by atoms with E-state index in [1.54, 1.807) is 0 Å². The van der Waals surface area contributed by atoms with Crippen LogP contribution in [-0.2, 0) is 0 Å². The Balaban J connectivity index is 1.57. The molecule has 0 aromatic heterocycles. The lowest BCUT2D eigenvalue weighted by Gasteiger charge is -2.31. The second-order valence-corrected chi connectivity index (χ2v) is 5.77. The Bertz CT molecular complexity index is 181. The van der Waals surface area contributed by atoms with E-state index >= 15 is 0 Å². The van der Waals surface area contributed by atoms with Crippen LogP contribution in [0.15, 0.2) is 0 Å². The average Bonchev–Trinajstić information content (AvgIpc) is 2.83. The van der Waals surface area contributed by atoms with Gasteiger partial charge in [-0.1, -0.05) is 19.3 Å². The van der Waals surface area contributed by atoms with Gasteiger partial charge in [-0.25, -0.2) is 0 Å². The molecule has 1 saturated carbocycles.